The minimum Gasteiger partial charge on any atom is -0.497 e. The molecule has 5 nitrogen and oxygen atoms in total. The molecule has 2 heterocycles. The van der Waals surface area contributed by atoms with Crippen LogP contribution < -0.4 is 9.47 Å². The first-order valence-electron chi connectivity index (χ1n) is 8.66. The van der Waals surface area contributed by atoms with Crippen LogP contribution in [-0.4, -0.2) is 25.2 Å². The van der Waals surface area contributed by atoms with E-state index in [1.807, 2.05) is 36.4 Å². The summed E-state index contributed by atoms with van der Waals surface area (Å²) >= 11 is 0. The maximum atomic E-state index is 12.5. The number of nitrogens with one attached hydrogen (secondary N) is 1. The summed E-state index contributed by atoms with van der Waals surface area (Å²) in [4.78, 5) is 16.0. The van der Waals surface area contributed by atoms with Gasteiger partial charge in [0.1, 0.15) is 18.1 Å². The second kappa shape index (κ2) is 5.77. The fraction of sp³-hybridized carbons (Fsp3) is 0.136. The Labute approximate surface area is 155 Å². The molecule has 0 radical (unpaired) electrons. The molecule has 4 aromatic rings. The van der Waals surface area contributed by atoms with Crippen molar-refractivity contribution in [2.75, 3.05) is 14.2 Å². The molecule has 0 amide bonds. The van der Waals surface area contributed by atoms with Gasteiger partial charge in [-0.05, 0) is 29.8 Å². The van der Waals surface area contributed by atoms with E-state index in [0.29, 0.717) is 17.1 Å². The molecular formula is C22H17NO4. The van der Waals surface area contributed by atoms with Gasteiger partial charge in [-0.2, -0.15) is 0 Å². The molecule has 0 fully saturated rings. The molecule has 0 saturated heterocycles. The summed E-state index contributed by atoms with van der Waals surface area (Å²) in [5.74, 6) is 1.03. The number of para-hydroxylation sites is 1. The summed E-state index contributed by atoms with van der Waals surface area (Å²) in [5, 5.41) is 2.19. The van der Waals surface area contributed by atoms with Crippen molar-refractivity contribution >= 4 is 27.8 Å². The molecule has 134 valence electrons. The molecule has 3 aromatic carbocycles. The zero-order valence-corrected chi connectivity index (χ0v) is 15.0. The molecule has 0 unspecified atom stereocenters. The number of cyclic esters (lactones) is 1. The number of hydrogen-bond acceptors (Lipinski definition) is 4. The van der Waals surface area contributed by atoms with Crippen molar-refractivity contribution < 1.29 is 19.0 Å². The van der Waals surface area contributed by atoms with Crippen LogP contribution in [0.4, 0.5) is 0 Å². The fourth-order valence-corrected chi connectivity index (χ4v) is 3.85. The van der Waals surface area contributed by atoms with Gasteiger partial charge in [0, 0.05) is 33.5 Å². The second-order valence-electron chi connectivity index (χ2n) is 6.56. The van der Waals surface area contributed by atoms with Crippen molar-refractivity contribution in [1.29, 1.82) is 0 Å². The monoisotopic (exact) mass is 359 g/mol. The number of aromatic amines is 1. The lowest BCUT2D eigenvalue weighted by atomic mass is 9.93. The van der Waals surface area contributed by atoms with Gasteiger partial charge in [-0.15, -0.1) is 0 Å². The molecule has 0 spiro atoms. The molecule has 5 rings (SSSR count). The molecule has 1 aliphatic heterocycles. The normalized spacial score (nSPS) is 13.0. The highest BCUT2D eigenvalue weighted by Gasteiger charge is 2.29. The van der Waals surface area contributed by atoms with Crippen LogP contribution in [0.3, 0.4) is 0 Å². The van der Waals surface area contributed by atoms with Crippen molar-refractivity contribution in [1.82, 2.24) is 4.98 Å². The van der Waals surface area contributed by atoms with Crippen LogP contribution in [0.25, 0.3) is 32.9 Å². The Morgan fingerprint density at radius 2 is 1.67 bits per heavy atom. The van der Waals surface area contributed by atoms with Crippen LogP contribution in [0.5, 0.6) is 11.5 Å². The first-order chi connectivity index (χ1) is 13.2. The number of carbonyl (C=O) groups is 1. The van der Waals surface area contributed by atoms with Gasteiger partial charge in [-0.1, -0.05) is 18.2 Å². The molecule has 1 aliphatic rings. The van der Waals surface area contributed by atoms with Gasteiger partial charge < -0.3 is 19.2 Å². The highest BCUT2D eigenvalue weighted by molar-refractivity contribution is 6.17. The number of rotatable bonds is 3. The Kier molecular flexibility index (Phi) is 3.37. The number of fused-ring (bicyclic) bond motifs is 4. The molecule has 0 aliphatic carbocycles. The lowest BCUT2D eigenvalue weighted by Gasteiger charge is -2.12. The summed E-state index contributed by atoms with van der Waals surface area (Å²) < 4.78 is 16.2. The molecule has 1 aromatic heterocycles. The van der Waals surface area contributed by atoms with Crippen LogP contribution in [0.1, 0.15) is 15.9 Å². The number of methoxy groups -OCH3 is 2. The smallest absolute Gasteiger partial charge is 0.339 e. The van der Waals surface area contributed by atoms with Gasteiger partial charge in [0.25, 0.3) is 0 Å². The van der Waals surface area contributed by atoms with Gasteiger partial charge in [0.15, 0.2) is 0 Å². The molecule has 5 heteroatoms. The molecule has 0 saturated carbocycles. The van der Waals surface area contributed by atoms with Gasteiger partial charge >= 0.3 is 5.97 Å². The van der Waals surface area contributed by atoms with E-state index in [-0.39, 0.29) is 12.6 Å². The van der Waals surface area contributed by atoms with Crippen LogP contribution in [-0.2, 0) is 11.3 Å². The predicted octanol–water partition coefficient (Wildman–Crippen LogP) is 4.68. The average molecular weight is 359 g/mol. The fourth-order valence-electron chi connectivity index (χ4n) is 3.85. The summed E-state index contributed by atoms with van der Waals surface area (Å²) in [7, 11) is 3.22. The van der Waals surface area contributed by atoms with Crippen molar-refractivity contribution in [2.45, 2.75) is 6.61 Å². The number of carbonyl (C=O) groups excluding carboxylic acids is 1. The van der Waals surface area contributed by atoms with Crippen molar-refractivity contribution in [3.63, 3.8) is 0 Å². The van der Waals surface area contributed by atoms with E-state index >= 15 is 0 Å². The number of benzene rings is 3. The Bertz CT molecular complexity index is 1200. The van der Waals surface area contributed by atoms with E-state index < -0.39 is 0 Å². The van der Waals surface area contributed by atoms with Gasteiger partial charge in [-0.25, -0.2) is 4.79 Å². The van der Waals surface area contributed by atoms with E-state index in [0.717, 1.165) is 38.5 Å². The minimum absolute atomic E-state index is 0.289. The molecule has 1 N–H and O–H groups in total. The maximum Gasteiger partial charge on any atom is 0.339 e. The van der Waals surface area contributed by atoms with E-state index in [9.17, 15) is 4.79 Å². The van der Waals surface area contributed by atoms with E-state index in [2.05, 4.69) is 17.1 Å². The lowest BCUT2D eigenvalue weighted by molar-refractivity contribution is 0.0535. The van der Waals surface area contributed by atoms with Crippen molar-refractivity contribution in [3.8, 4) is 22.6 Å². The molecule has 27 heavy (non-hydrogen) atoms. The van der Waals surface area contributed by atoms with Crippen LogP contribution in [0.2, 0.25) is 0 Å². The van der Waals surface area contributed by atoms with E-state index in [1.54, 1.807) is 14.2 Å². The maximum absolute atomic E-state index is 12.5. The lowest BCUT2D eigenvalue weighted by Crippen LogP contribution is -1.99. The topological polar surface area (TPSA) is 60.6 Å². The van der Waals surface area contributed by atoms with Gasteiger partial charge in [-0.3, -0.25) is 0 Å². The van der Waals surface area contributed by atoms with Crippen LogP contribution in [0.15, 0.2) is 48.5 Å². The van der Waals surface area contributed by atoms with Gasteiger partial charge in [0.05, 0.1) is 25.3 Å². The van der Waals surface area contributed by atoms with Crippen LogP contribution in [0, 0.1) is 0 Å². The Morgan fingerprint density at radius 3 is 2.41 bits per heavy atom. The highest BCUT2D eigenvalue weighted by atomic mass is 16.5. The number of esters is 1. The number of aromatic nitrogens is 1. The Morgan fingerprint density at radius 1 is 0.926 bits per heavy atom. The summed E-state index contributed by atoms with van der Waals surface area (Å²) in [5.41, 5.74) is 5.10. The average Bonchev–Trinajstić information content (AvgIpc) is 3.26. The summed E-state index contributed by atoms with van der Waals surface area (Å²) in [6, 6.07) is 15.8. The third-order valence-corrected chi connectivity index (χ3v) is 5.09. The highest BCUT2D eigenvalue weighted by Crippen LogP contribution is 2.42. The van der Waals surface area contributed by atoms with E-state index in [4.69, 9.17) is 14.2 Å². The molecule has 0 atom stereocenters. The van der Waals surface area contributed by atoms with Crippen molar-refractivity contribution in [3.05, 3.63) is 59.7 Å². The van der Waals surface area contributed by atoms with Gasteiger partial charge in [0.2, 0.25) is 0 Å². The zero-order chi connectivity index (χ0) is 18.5. The number of ether oxygens (including phenoxy) is 3. The Hall–Kier alpha value is -3.47. The standard InChI is InChI=1S/C22H17NO4/c1-25-14-7-12(8-15(10-14)26-2)19-20-13(11-27-22(20)24)9-17-16-5-3-4-6-18(16)23-21(17)19/h3-10,23H,11H2,1-2H3. The first kappa shape index (κ1) is 15.8. The van der Waals surface area contributed by atoms with Crippen LogP contribution >= 0.6 is 0 Å². The first-order valence-corrected chi connectivity index (χ1v) is 8.66. The quantitative estimate of drug-likeness (QED) is 0.540. The third-order valence-electron chi connectivity index (χ3n) is 5.09. The summed E-state index contributed by atoms with van der Waals surface area (Å²) in [6.45, 7) is 0.289. The second-order valence-corrected chi connectivity index (χ2v) is 6.56. The number of H-pyrrole nitrogens is 1. The molecule has 0 bridgehead atoms. The summed E-state index contributed by atoms with van der Waals surface area (Å²) in [6.07, 6.45) is 0. The third kappa shape index (κ3) is 2.28. The molecular weight excluding hydrogens is 342 g/mol. The minimum atomic E-state index is -0.303. The largest absolute Gasteiger partial charge is 0.497 e. The zero-order valence-electron chi connectivity index (χ0n) is 15.0. The van der Waals surface area contributed by atoms with E-state index in [1.165, 1.54) is 0 Å². The SMILES string of the molecule is COc1cc(OC)cc(-c2c3c(cc4c2[nH]c2ccccc24)COC3=O)c1. The Balaban J connectivity index is 1.93. The predicted molar refractivity (Wildman–Crippen MR) is 103 cm³/mol. The number of hydrogen-bond donors (Lipinski definition) is 1. The van der Waals surface area contributed by atoms with Crippen molar-refractivity contribution in [2.24, 2.45) is 0 Å².